The Morgan fingerprint density at radius 2 is 1.68 bits per heavy atom. The van der Waals surface area contributed by atoms with Crippen molar-refractivity contribution in [2.45, 2.75) is 32.2 Å². The number of amides is 1. The molecular weight excluding hydrogens is 452 g/mol. The zero-order valence-corrected chi connectivity index (χ0v) is 20.4. The summed E-state index contributed by atoms with van der Waals surface area (Å²) in [7, 11) is 0. The van der Waals surface area contributed by atoms with Crippen LogP contribution in [0, 0.1) is 0 Å². The molecule has 1 atom stereocenters. The van der Waals surface area contributed by atoms with Crippen molar-refractivity contribution in [3.05, 3.63) is 75.8 Å². The first-order chi connectivity index (χ1) is 16.4. The fourth-order valence-corrected chi connectivity index (χ4v) is 4.70. The van der Waals surface area contributed by atoms with Crippen LogP contribution in [0.3, 0.4) is 0 Å². The van der Waals surface area contributed by atoms with Gasteiger partial charge in [-0.25, -0.2) is 0 Å². The number of nitrogens with zero attached hydrogens (tertiary/aromatic N) is 2. The molecule has 0 bridgehead atoms. The van der Waals surface area contributed by atoms with Crippen LogP contribution < -0.4 is 0 Å². The predicted octanol–water partition coefficient (Wildman–Crippen LogP) is 4.61. The van der Waals surface area contributed by atoms with Gasteiger partial charge in [-0.05, 0) is 47.7 Å². The number of hydrogen-bond donors (Lipinski definition) is 1. The lowest BCUT2D eigenvalue weighted by atomic mass is 9.93. The van der Waals surface area contributed by atoms with Crippen molar-refractivity contribution in [1.29, 1.82) is 0 Å². The van der Waals surface area contributed by atoms with Crippen LogP contribution in [0.1, 0.15) is 48.9 Å². The standard InChI is InChI=1S/C27H31ClN2O4/c1-18(2)19-4-6-20(7-5-19)24-23(25(31)21-8-10-22(28)11-9-21)26(32)27(33)30(24)13-3-12-29-14-16-34-17-15-29/h4-11,18,24,31H,3,12-17H2,1-2H3/b25-23-. The molecule has 2 aliphatic heterocycles. The van der Waals surface area contributed by atoms with Crippen molar-refractivity contribution in [2.24, 2.45) is 0 Å². The lowest BCUT2D eigenvalue weighted by molar-refractivity contribution is -0.140. The zero-order chi connectivity index (χ0) is 24.2. The number of carbonyl (C=O) groups excluding carboxylic acids is 2. The molecule has 2 fully saturated rings. The Hall–Kier alpha value is -2.67. The Balaban J connectivity index is 1.67. The number of Topliss-reactive ketones (excluding diaryl/α,β-unsaturated/α-hetero) is 1. The number of benzene rings is 2. The molecule has 2 aromatic carbocycles. The molecule has 1 unspecified atom stereocenters. The van der Waals surface area contributed by atoms with Gasteiger partial charge in [0, 0.05) is 36.8 Å². The van der Waals surface area contributed by atoms with E-state index in [2.05, 4.69) is 18.7 Å². The summed E-state index contributed by atoms with van der Waals surface area (Å²) in [6.07, 6.45) is 0.731. The molecule has 1 N–H and O–H groups in total. The zero-order valence-electron chi connectivity index (χ0n) is 19.7. The van der Waals surface area contributed by atoms with Gasteiger partial charge in [0.05, 0.1) is 24.8 Å². The van der Waals surface area contributed by atoms with Gasteiger partial charge in [0.2, 0.25) is 0 Å². The highest BCUT2D eigenvalue weighted by Gasteiger charge is 2.45. The van der Waals surface area contributed by atoms with E-state index in [9.17, 15) is 14.7 Å². The summed E-state index contributed by atoms with van der Waals surface area (Å²) in [4.78, 5) is 30.2. The SMILES string of the molecule is CC(C)c1ccc(C2/C(=C(/O)c3ccc(Cl)cc3)C(=O)C(=O)N2CCCN2CCOCC2)cc1. The highest BCUT2D eigenvalue weighted by atomic mass is 35.5. The normalized spacial score (nSPS) is 20.9. The number of carbonyl (C=O) groups is 2. The minimum Gasteiger partial charge on any atom is -0.507 e. The Morgan fingerprint density at radius 3 is 2.29 bits per heavy atom. The second-order valence-electron chi connectivity index (χ2n) is 9.13. The maximum absolute atomic E-state index is 13.2. The minimum atomic E-state index is -0.656. The number of halogens is 1. The van der Waals surface area contributed by atoms with Gasteiger partial charge in [-0.2, -0.15) is 0 Å². The van der Waals surface area contributed by atoms with Gasteiger partial charge in [0.1, 0.15) is 5.76 Å². The third kappa shape index (κ3) is 5.19. The van der Waals surface area contributed by atoms with Crippen molar-refractivity contribution in [2.75, 3.05) is 39.4 Å². The first-order valence-corrected chi connectivity index (χ1v) is 12.2. The first kappa shape index (κ1) is 24.5. The van der Waals surface area contributed by atoms with Crippen LogP contribution in [0.25, 0.3) is 5.76 Å². The van der Waals surface area contributed by atoms with E-state index in [1.54, 1.807) is 29.2 Å². The summed E-state index contributed by atoms with van der Waals surface area (Å²) >= 11 is 6.00. The van der Waals surface area contributed by atoms with Gasteiger partial charge in [-0.3, -0.25) is 14.5 Å². The van der Waals surface area contributed by atoms with Crippen molar-refractivity contribution in [3.63, 3.8) is 0 Å². The number of ketones is 1. The van der Waals surface area contributed by atoms with Crippen molar-refractivity contribution in [3.8, 4) is 0 Å². The molecule has 1 amide bonds. The molecule has 7 heteroatoms. The predicted molar refractivity (Wildman–Crippen MR) is 133 cm³/mol. The van der Waals surface area contributed by atoms with E-state index < -0.39 is 17.7 Å². The average Bonchev–Trinajstić information content (AvgIpc) is 3.10. The topological polar surface area (TPSA) is 70.1 Å². The molecule has 2 saturated heterocycles. The molecule has 34 heavy (non-hydrogen) atoms. The monoisotopic (exact) mass is 482 g/mol. The van der Waals surface area contributed by atoms with E-state index in [4.69, 9.17) is 16.3 Å². The van der Waals surface area contributed by atoms with Gasteiger partial charge in [-0.1, -0.05) is 49.7 Å². The molecule has 0 aromatic heterocycles. The number of aliphatic hydroxyl groups excluding tert-OH is 1. The first-order valence-electron chi connectivity index (χ1n) is 11.8. The Kier molecular flexibility index (Phi) is 7.71. The summed E-state index contributed by atoms with van der Waals surface area (Å²) in [5.41, 5.74) is 2.56. The fourth-order valence-electron chi connectivity index (χ4n) is 4.57. The highest BCUT2D eigenvalue weighted by Crippen LogP contribution is 2.40. The minimum absolute atomic E-state index is 0.121. The van der Waals surface area contributed by atoms with Crippen molar-refractivity contribution in [1.82, 2.24) is 9.80 Å². The van der Waals surface area contributed by atoms with Crippen LogP contribution in [0.4, 0.5) is 0 Å². The van der Waals surface area contributed by atoms with Gasteiger partial charge in [0.15, 0.2) is 0 Å². The lowest BCUT2D eigenvalue weighted by Gasteiger charge is -2.29. The average molecular weight is 483 g/mol. The maximum Gasteiger partial charge on any atom is 0.295 e. The molecule has 180 valence electrons. The summed E-state index contributed by atoms with van der Waals surface area (Å²) < 4.78 is 5.41. The maximum atomic E-state index is 13.2. The molecule has 4 rings (SSSR count). The highest BCUT2D eigenvalue weighted by molar-refractivity contribution is 6.46. The molecular formula is C27H31ClN2O4. The molecule has 2 aliphatic rings. The van der Waals surface area contributed by atoms with E-state index in [1.807, 2.05) is 24.3 Å². The summed E-state index contributed by atoms with van der Waals surface area (Å²) in [6, 6.07) is 13.9. The van der Waals surface area contributed by atoms with Gasteiger partial charge < -0.3 is 14.7 Å². The number of hydrogen-bond acceptors (Lipinski definition) is 5. The molecule has 0 saturated carbocycles. The van der Waals surface area contributed by atoms with Crippen LogP contribution in [-0.4, -0.2) is 66.0 Å². The van der Waals surface area contributed by atoms with Crippen molar-refractivity contribution < 1.29 is 19.4 Å². The molecule has 2 aromatic rings. The molecule has 0 aliphatic carbocycles. The van der Waals surface area contributed by atoms with E-state index in [0.717, 1.165) is 31.6 Å². The lowest BCUT2D eigenvalue weighted by Crippen LogP contribution is -2.38. The van der Waals surface area contributed by atoms with E-state index in [1.165, 1.54) is 5.56 Å². The molecule has 0 radical (unpaired) electrons. The van der Waals surface area contributed by atoms with Crippen LogP contribution in [0.5, 0.6) is 0 Å². The van der Waals surface area contributed by atoms with Crippen LogP contribution in [0.2, 0.25) is 5.02 Å². The Morgan fingerprint density at radius 1 is 1.03 bits per heavy atom. The molecule has 6 nitrogen and oxygen atoms in total. The van der Waals surface area contributed by atoms with Crippen LogP contribution in [-0.2, 0) is 14.3 Å². The number of likely N-dealkylation sites (tertiary alicyclic amines) is 1. The third-order valence-corrected chi connectivity index (χ3v) is 6.81. The summed E-state index contributed by atoms with van der Waals surface area (Å²) in [5, 5.41) is 11.7. The quantitative estimate of drug-likeness (QED) is 0.354. The van der Waals surface area contributed by atoms with Gasteiger partial charge >= 0.3 is 0 Å². The summed E-state index contributed by atoms with van der Waals surface area (Å²) in [5.74, 6) is -1.04. The van der Waals surface area contributed by atoms with Gasteiger partial charge in [0.25, 0.3) is 11.7 Å². The third-order valence-electron chi connectivity index (χ3n) is 6.55. The summed E-state index contributed by atoms with van der Waals surface area (Å²) in [6.45, 7) is 8.66. The Labute approximate surface area is 205 Å². The number of aliphatic hydroxyl groups is 1. The Bertz CT molecular complexity index is 1060. The second kappa shape index (κ2) is 10.7. The van der Waals surface area contributed by atoms with Gasteiger partial charge in [-0.15, -0.1) is 0 Å². The number of rotatable bonds is 7. The number of morpholine rings is 1. The molecule has 0 spiro atoms. The van der Waals surface area contributed by atoms with Crippen LogP contribution >= 0.6 is 11.6 Å². The van der Waals surface area contributed by atoms with E-state index in [-0.39, 0.29) is 11.3 Å². The van der Waals surface area contributed by atoms with Crippen molar-refractivity contribution >= 4 is 29.1 Å². The largest absolute Gasteiger partial charge is 0.507 e. The smallest absolute Gasteiger partial charge is 0.295 e. The fraction of sp³-hybridized carbons (Fsp3) is 0.407. The van der Waals surface area contributed by atoms with Crippen LogP contribution in [0.15, 0.2) is 54.1 Å². The molecule has 2 heterocycles. The van der Waals surface area contributed by atoms with E-state index in [0.29, 0.717) is 36.3 Å². The second-order valence-corrected chi connectivity index (χ2v) is 9.56. The van der Waals surface area contributed by atoms with E-state index >= 15 is 0 Å². The number of ether oxygens (including phenoxy) is 1.